The van der Waals surface area contributed by atoms with E-state index in [4.69, 9.17) is 30.9 Å². The van der Waals surface area contributed by atoms with Gasteiger partial charge in [0.25, 0.3) is 0 Å². The summed E-state index contributed by atoms with van der Waals surface area (Å²) in [4.78, 5) is 0. The van der Waals surface area contributed by atoms with Crippen LogP contribution in [0.25, 0.3) is 0 Å². The van der Waals surface area contributed by atoms with Crippen LogP contribution in [0.15, 0.2) is 71.8 Å². The zero-order chi connectivity index (χ0) is 21.1. The Labute approximate surface area is 181 Å². The lowest BCUT2D eigenvalue weighted by atomic mass is 9.97. The minimum absolute atomic E-state index is 0.0167. The first-order chi connectivity index (χ1) is 14.6. The van der Waals surface area contributed by atoms with Gasteiger partial charge in [-0.3, -0.25) is 5.01 Å². The van der Waals surface area contributed by atoms with Gasteiger partial charge in [0.15, 0.2) is 11.5 Å². The molecule has 0 saturated heterocycles. The molecule has 154 valence electrons. The molecule has 0 saturated carbocycles. The lowest BCUT2D eigenvalue weighted by Crippen LogP contribution is -2.18. The van der Waals surface area contributed by atoms with Crippen LogP contribution in [-0.2, 0) is 0 Å². The fourth-order valence-corrected chi connectivity index (χ4v) is 3.75. The maximum Gasteiger partial charge on any atom is 0.161 e. The summed E-state index contributed by atoms with van der Waals surface area (Å²) in [7, 11) is 4.95. The standard InChI is InChI=1S/C24H23ClN2O3/c1-28-20-11-4-16(5-12-20)21-15-22(17-6-13-23(29-2)24(14-17)30-3)27(26-21)19-9-7-18(25)8-10-19/h4-14,22H,15H2,1-3H3. The van der Waals surface area contributed by atoms with Crippen LogP contribution in [0.1, 0.15) is 23.6 Å². The molecule has 30 heavy (non-hydrogen) atoms. The summed E-state index contributed by atoms with van der Waals surface area (Å²) in [5.41, 5.74) is 4.14. The third kappa shape index (κ3) is 3.94. The first-order valence-electron chi connectivity index (χ1n) is 9.61. The van der Waals surface area contributed by atoms with Crippen LogP contribution in [0.3, 0.4) is 0 Å². The zero-order valence-electron chi connectivity index (χ0n) is 17.1. The summed E-state index contributed by atoms with van der Waals surface area (Å²) in [6.45, 7) is 0. The van der Waals surface area contributed by atoms with Crippen molar-refractivity contribution >= 4 is 23.0 Å². The van der Waals surface area contributed by atoms with Gasteiger partial charge in [-0.15, -0.1) is 0 Å². The Hall–Kier alpha value is -3.18. The maximum absolute atomic E-state index is 6.10. The van der Waals surface area contributed by atoms with E-state index in [2.05, 4.69) is 6.07 Å². The van der Waals surface area contributed by atoms with Crippen molar-refractivity contribution in [3.63, 3.8) is 0 Å². The lowest BCUT2D eigenvalue weighted by molar-refractivity contribution is 0.354. The summed E-state index contributed by atoms with van der Waals surface area (Å²) in [6, 6.07) is 21.7. The molecular formula is C24H23ClN2O3. The van der Waals surface area contributed by atoms with Crippen LogP contribution >= 0.6 is 11.6 Å². The number of halogens is 1. The highest BCUT2D eigenvalue weighted by Gasteiger charge is 2.30. The average molecular weight is 423 g/mol. The van der Waals surface area contributed by atoms with Crippen molar-refractivity contribution in [3.8, 4) is 17.2 Å². The van der Waals surface area contributed by atoms with Gasteiger partial charge in [-0.2, -0.15) is 5.10 Å². The van der Waals surface area contributed by atoms with Gasteiger partial charge in [-0.05, 0) is 71.8 Å². The highest BCUT2D eigenvalue weighted by Crippen LogP contribution is 2.40. The number of ether oxygens (including phenoxy) is 3. The van der Waals surface area contributed by atoms with E-state index in [9.17, 15) is 0 Å². The van der Waals surface area contributed by atoms with Crippen molar-refractivity contribution in [2.75, 3.05) is 26.3 Å². The van der Waals surface area contributed by atoms with E-state index in [0.29, 0.717) is 16.5 Å². The molecule has 4 rings (SSSR count). The van der Waals surface area contributed by atoms with Crippen molar-refractivity contribution in [1.82, 2.24) is 0 Å². The average Bonchev–Trinajstić information content (AvgIpc) is 3.24. The SMILES string of the molecule is COc1ccc(C2=NN(c3ccc(Cl)cc3)C(c3ccc(OC)c(OC)c3)C2)cc1. The van der Waals surface area contributed by atoms with Crippen LogP contribution in [0.5, 0.6) is 17.2 Å². The number of methoxy groups -OCH3 is 3. The van der Waals surface area contributed by atoms with Crippen LogP contribution in [-0.4, -0.2) is 27.0 Å². The number of hydrogen-bond acceptors (Lipinski definition) is 5. The first kappa shape index (κ1) is 20.1. The lowest BCUT2D eigenvalue weighted by Gasteiger charge is -2.24. The largest absolute Gasteiger partial charge is 0.497 e. The minimum Gasteiger partial charge on any atom is -0.497 e. The Bertz CT molecular complexity index is 1050. The summed E-state index contributed by atoms with van der Waals surface area (Å²) in [5.74, 6) is 2.22. The Morgan fingerprint density at radius 1 is 0.833 bits per heavy atom. The van der Waals surface area contributed by atoms with E-state index in [-0.39, 0.29) is 6.04 Å². The summed E-state index contributed by atoms with van der Waals surface area (Å²) >= 11 is 6.10. The second-order valence-corrected chi connectivity index (χ2v) is 7.37. The molecule has 1 unspecified atom stereocenters. The predicted molar refractivity (Wildman–Crippen MR) is 120 cm³/mol. The Morgan fingerprint density at radius 2 is 1.53 bits per heavy atom. The molecule has 0 N–H and O–H groups in total. The van der Waals surface area contributed by atoms with Gasteiger partial charge in [0.05, 0.1) is 38.8 Å². The molecule has 0 aromatic heterocycles. The summed E-state index contributed by atoms with van der Waals surface area (Å²) in [5, 5.41) is 7.70. The zero-order valence-corrected chi connectivity index (χ0v) is 17.9. The number of benzene rings is 3. The van der Waals surface area contributed by atoms with Gasteiger partial charge in [0.2, 0.25) is 0 Å². The molecule has 1 atom stereocenters. The summed E-state index contributed by atoms with van der Waals surface area (Å²) < 4.78 is 16.2. The molecule has 5 nitrogen and oxygen atoms in total. The molecule has 1 aliphatic rings. The van der Waals surface area contributed by atoms with Crippen molar-refractivity contribution in [2.45, 2.75) is 12.5 Å². The monoisotopic (exact) mass is 422 g/mol. The first-order valence-corrected chi connectivity index (χ1v) is 9.99. The third-order valence-corrected chi connectivity index (χ3v) is 5.47. The van der Waals surface area contributed by atoms with Crippen LogP contribution < -0.4 is 19.2 Å². The molecule has 0 fully saturated rings. The number of anilines is 1. The van der Waals surface area contributed by atoms with Gasteiger partial charge in [0.1, 0.15) is 5.75 Å². The number of rotatable bonds is 6. The molecule has 3 aromatic carbocycles. The molecule has 1 heterocycles. The molecule has 1 aliphatic heterocycles. The predicted octanol–water partition coefficient (Wildman–Crippen LogP) is 5.72. The third-order valence-electron chi connectivity index (χ3n) is 5.22. The van der Waals surface area contributed by atoms with E-state index in [1.54, 1.807) is 21.3 Å². The van der Waals surface area contributed by atoms with Crippen LogP contribution in [0, 0.1) is 0 Å². The Kier molecular flexibility index (Phi) is 5.81. The Balaban J connectivity index is 1.74. The van der Waals surface area contributed by atoms with Gasteiger partial charge in [0, 0.05) is 11.4 Å². The number of hydrogen-bond donors (Lipinski definition) is 0. The quantitative estimate of drug-likeness (QED) is 0.509. The molecule has 6 heteroatoms. The molecule has 0 spiro atoms. The topological polar surface area (TPSA) is 43.3 Å². The van der Waals surface area contributed by atoms with Gasteiger partial charge in [-0.25, -0.2) is 0 Å². The molecule has 0 amide bonds. The van der Waals surface area contributed by atoms with E-state index in [1.807, 2.05) is 65.7 Å². The summed E-state index contributed by atoms with van der Waals surface area (Å²) in [6.07, 6.45) is 0.754. The number of hydrazone groups is 1. The molecule has 0 bridgehead atoms. The molecule has 3 aromatic rings. The Morgan fingerprint density at radius 3 is 2.17 bits per heavy atom. The number of nitrogens with zero attached hydrogens (tertiary/aromatic N) is 2. The van der Waals surface area contributed by atoms with Crippen LogP contribution in [0.2, 0.25) is 5.02 Å². The van der Waals surface area contributed by atoms with Crippen molar-refractivity contribution in [1.29, 1.82) is 0 Å². The fraction of sp³-hybridized carbons (Fsp3) is 0.208. The van der Waals surface area contributed by atoms with Gasteiger partial charge < -0.3 is 14.2 Å². The van der Waals surface area contributed by atoms with Crippen molar-refractivity contribution in [3.05, 3.63) is 82.9 Å². The van der Waals surface area contributed by atoms with Crippen molar-refractivity contribution < 1.29 is 14.2 Å². The second kappa shape index (κ2) is 8.67. The van der Waals surface area contributed by atoms with E-state index in [1.165, 1.54) is 0 Å². The van der Waals surface area contributed by atoms with Crippen molar-refractivity contribution in [2.24, 2.45) is 5.10 Å². The smallest absolute Gasteiger partial charge is 0.161 e. The van der Waals surface area contributed by atoms with E-state index >= 15 is 0 Å². The normalized spacial score (nSPS) is 15.7. The minimum atomic E-state index is 0.0167. The fourth-order valence-electron chi connectivity index (χ4n) is 3.62. The van der Waals surface area contributed by atoms with Crippen LogP contribution in [0.4, 0.5) is 5.69 Å². The molecular weight excluding hydrogens is 400 g/mol. The van der Waals surface area contributed by atoms with E-state index < -0.39 is 0 Å². The molecule has 0 radical (unpaired) electrons. The maximum atomic E-state index is 6.10. The second-order valence-electron chi connectivity index (χ2n) is 6.93. The highest BCUT2D eigenvalue weighted by atomic mass is 35.5. The molecule has 0 aliphatic carbocycles. The van der Waals surface area contributed by atoms with Gasteiger partial charge in [-0.1, -0.05) is 17.7 Å². The highest BCUT2D eigenvalue weighted by molar-refractivity contribution is 6.30. The van der Waals surface area contributed by atoms with Gasteiger partial charge >= 0.3 is 0 Å². The van der Waals surface area contributed by atoms with E-state index in [0.717, 1.165) is 34.7 Å².